The van der Waals surface area contributed by atoms with Crippen molar-refractivity contribution in [2.45, 2.75) is 50.8 Å². The van der Waals surface area contributed by atoms with Crippen molar-refractivity contribution in [2.75, 3.05) is 6.61 Å². The molecular formula is C16H24N2O2. The van der Waals surface area contributed by atoms with Gasteiger partial charge in [-0.05, 0) is 32.3 Å². The highest BCUT2D eigenvalue weighted by molar-refractivity contribution is 5.77. The summed E-state index contributed by atoms with van der Waals surface area (Å²) in [6, 6.07) is 9.80. The average molecular weight is 276 g/mol. The Morgan fingerprint density at radius 3 is 2.80 bits per heavy atom. The maximum Gasteiger partial charge on any atom is 0.220 e. The molecule has 0 bridgehead atoms. The number of ether oxygens (including phenoxy) is 1. The molecule has 3 atom stereocenters. The first kappa shape index (κ1) is 15.0. The number of carbonyl (C=O) groups is 1. The van der Waals surface area contributed by atoms with Crippen LogP contribution >= 0.6 is 0 Å². The minimum atomic E-state index is -0.242. The number of rotatable bonds is 5. The van der Waals surface area contributed by atoms with Crippen LogP contribution in [0, 0.1) is 0 Å². The summed E-state index contributed by atoms with van der Waals surface area (Å²) < 4.78 is 5.52. The van der Waals surface area contributed by atoms with Gasteiger partial charge < -0.3 is 15.8 Å². The molecular weight excluding hydrogens is 252 g/mol. The smallest absolute Gasteiger partial charge is 0.220 e. The minimum absolute atomic E-state index is 0.0521. The number of carbonyl (C=O) groups excluding carboxylic acids is 1. The number of hydrogen-bond donors (Lipinski definition) is 2. The maximum absolute atomic E-state index is 12.1. The summed E-state index contributed by atoms with van der Waals surface area (Å²) >= 11 is 0. The second-order valence-electron chi connectivity index (χ2n) is 5.78. The van der Waals surface area contributed by atoms with Crippen LogP contribution < -0.4 is 11.1 Å². The molecule has 1 aromatic rings. The number of hydrogen-bond acceptors (Lipinski definition) is 3. The van der Waals surface area contributed by atoms with Gasteiger partial charge in [-0.15, -0.1) is 0 Å². The van der Waals surface area contributed by atoms with Gasteiger partial charge in [-0.1, -0.05) is 30.3 Å². The highest BCUT2D eigenvalue weighted by Crippen LogP contribution is 2.25. The first-order valence-corrected chi connectivity index (χ1v) is 7.24. The molecule has 1 aliphatic heterocycles. The fourth-order valence-electron chi connectivity index (χ4n) is 2.53. The molecule has 1 heterocycles. The van der Waals surface area contributed by atoms with Crippen LogP contribution in [0.15, 0.2) is 30.3 Å². The molecule has 0 aromatic heterocycles. The summed E-state index contributed by atoms with van der Waals surface area (Å²) in [4.78, 5) is 12.1. The molecule has 4 nitrogen and oxygen atoms in total. The molecule has 4 heteroatoms. The van der Waals surface area contributed by atoms with Crippen molar-refractivity contribution >= 4 is 5.91 Å². The molecule has 3 unspecified atom stereocenters. The van der Waals surface area contributed by atoms with Crippen molar-refractivity contribution in [1.82, 2.24) is 5.32 Å². The normalized spacial score (nSPS) is 27.2. The van der Waals surface area contributed by atoms with E-state index in [1.807, 2.05) is 44.2 Å². The lowest BCUT2D eigenvalue weighted by molar-refractivity contribution is -0.123. The fourth-order valence-corrected chi connectivity index (χ4v) is 2.53. The van der Waals surface area contributed by atoms with E-state index in [9.17, 15) is 4.79 Å². The molecule has 3 N–H and O–H groups in total. The molecule has 1 amide bonds. The Balaban J connectivity index is 1.81. The van der Waals surface area contributed by atoms with Crippen molar-refractivity contribution in [3.05, 3.63) is 35.9 Å². The number of nitrogens with one attached hydrogen (secondary N) is 1. The predicted octanol–water partition coefficient (Wildman–Crippen LogP) is 2.15. The van der Waals surface area contributed by atoms with Crippen LogP contribution in [0.25, 0.3) is 0 Å². The molecule has 0 spiro atoms. The van der Waals surface area contributed by atoms with Gasteiger partial charge in [0.2, 0.25) is 5.91 Å². The quantitative estimate of drug-likeness (QED) is 0.866. The lowest BCUT2D eigenvalue weighted by Gasteiger charge is -2.29. The van der Waals surface area contributed by atoms with E-state index < -0.39 is 0 Å². The van der Waals surface area contributed by atoms with Crippen molar-refractivity contribution in [2.24, 2.45) is 5.73 Å². The third-order valence-corrected chi connectivity index (χ3v) is 4.22. The van der Waals surface area contributed by atoms with Crippen LogP contribution in [-0.4, -0.2) is 24.2 Å². The van der Waals surface area contributed by atoms with Gasteiger partial charge in [0.1, 0.15) is 0 Å². The van der Waals surface area contributed by atoms with Gasteiger partial charge in [0.05, 0.1) is 11.6 Å². The van der Waals surface area contributed by atoms with Crippen molar-refractivity contribution in [3.8, 4) is 0 Å². The highest BCUT2D eigenvalue weighted by Gasteiger charge is 2.38. The molecule has 1 aromatic carbocycles. The second-order valence-corrected chi connectivity index (χ2v) is 5.78. The Morgan fingerprint density at radius 2 is 2.20 bits per heavy atom. The van der Waals surface area contributed by atoms with Crippen LogP contribution in [0.1, 0.15) is 44.7 Å². The van der Waals surface area contributed by atoms with Gasteiger partial charge in [-0.3, -0.25) is 4.79 Å². The zero-order valence-electron chi connectivity index (χ0n) is 12.3. The zero-order valence-corrected chi connectivity index (χ0v) is 12.3. The molecule has 0 radical (unpaired) electrons. The Labute approximate surface area is 120 Å². The fraction of sp³-hybridized carbons (Fsp3) is 0.562. The molecule has 0 saturated carbocycles. The maximum atomic E-state index is 12.1. The van der Waals surface area contributed by atoms with E-state index >= 15 is 0 Å². The van der Waals surface area contributed by atoms with E-state index in [1.165, 1.54) is 0 Å². The van der Waals surface area contributed by atoms with Crippen molar-refractivity contribution in [1.29, 1.82) is 0 Å². The topological polar surface area (TPSA) is 64.3 Å². The summed E-state index contributed by atoms with van der Waals surface area (Å²) in [6.45, 7) is 4.75. The highest BCUT2D eigenvalue weighted by atomic mass is 16.5. The third kappa shape index (κ3) is 3.58. The van der Waals surface area contributed by atoms with E-state index in [0.29, 0.717) is 19.4 Å². The first-order chi connectivity index (χ1) is 9.51. The van der Waals surface area contributed by atoms with E-state index in [1.54, 1.807) is 0 Å². The van der Waals surface area contributed by atoms with Gasteiger partial charge in [0, 0.05) is 19.1 Å². The standard InChI is InChI=1S/C16H24N2O2/c1-12-16(2,10-11-20-12)18-15(19)9-8-14(17)13-6-4-3-5-7-13/h3-7,12,14H,8-11,17H2,1-2H3,(H,18,19). The van der Waals surface area contributed by atoms with E-state index in [-0.39, 0.29) is 23.6 Å². The first-order valence-electron chi connectivity index (χ1n) is 7.24. The molecule has 110 valence electrons. The Hall–Kier alpha value is -1.39. The van der Waals surface area contributed by atoms with Gasteiger partial charge in [-0.2, -0.15) is 0 Å². The summed E-state index contributed by atoms with van der Waals surface area (Å²) in [6.07, 6.45) is 2.03. The zero-order chi connectivity index (χ0) is 14.6. The average Bonchev–Trinajstić information content (AvgIpc) is 2.76. The molecule has 1 saturated heterocycles. The van der Waals surface area contributed by atoms with Crippen LogP contribution in [0.2, 0.25) is 0 Å². The summed E-state index contributed by atoms with van der Waals surface area (Å²) in [5.74, 6) is 0.0521. The van der Waals surface area contributed by atoms with Crippen LogP contribution in [0.3, 0.4) is 0 Å². The predicted molar refractivity (Wildman–Crippen MR) is 79.2 cm³/mol. The monoisotopic (exact) mass is 276 g/mol. The Morgan fingerprint density at radius 1 is 1.50 bits per heavy atom. The van der Waals surface area contributed by atoms with Crippen LogP contribution in [0.5, 0.6) is 0 Å². The lowest BCUT2D eigenvalue weighted by Crippen LogP contribution is -2.50. The summed E-state index contributed by atoms with van der Waals surface area (Å²) in [5, 5.41) is 3.09. The van der Waals surface area contributed by atoms with E-state index in [4.69, 9.17) is 10.5 Å². The lowest BCUT2D eigenvalue weighted by atomic mass is 9.94. The van der Waals surface area contributed by atoms with Crippen LogP contribution in [-0.2, 0) is 9.53 Å². The summed E-state index contributed by atoms with van der Waals surface area (Å²) in [7, 11) is 0. The SMILES string of the molecule is CC1OCCC1(C)NC(=O)CCC(N)c1ccccc1. The number of benzene rings is 1. The number of amides is 1. The Bertz CT molecular complexity index is 449. The Kier molecular flexibility index (Phi) is 4.78. The van der Waals surface area contributed by atoms with Crippen molar-refractivity contribution < 1.29 is 9.53 Å². The molecule has 20 heavy (non-hydrogen) atoms. The molecule has 0 aliphatic carbocycles. The summed E-state index contributed by atoms with van der Waals surface area (Å²) in [5.41, 5.74) is 6.94. The van der Waals surface area contributed by atoms with E-state index in [0.717, 1.165) is 12.0 Å². The molecule has 1 fully saturated rings. The van der Waals surface area contributed by atoms with Gasteiger partial charge in [-0.25, -0.2) is 0 Å². The second kappa shape index (κ2) is 6.37. The van der Waals surface area contributed by atoms with Gasteiger partial charge in [0.15, 0.2) is 0 Å². The third-order valence-electron chi connectivity index (χ3n) is 4.22. The molecule has 1 aliphatic rings. The van der Waals surface area contributed by atoms with Gasteiger partial charge in [0.25, 0.3) is 0 Å². The largest absolute Gasteiger partial charge is 0.376 e. The van der Waals surface area contributed by atoms with Crippen LogP contribution in [0.4, 0.5) is 0 Å². The van der Waals surface area contributed by atoms with Gasteiger partial charge >= 0.3 is 0 Å². The number of nitrogens with two attached hydrogens (primary N) is 1. The van der Waals surface area contributed by atoms with E-state index in [2.05, 4.69) is 5.32 Å². The minimum Gasteiger partial charge on any atom is -0.376 e. The van der Waals surface area contributed by atoms with Crippen molar-refractivity contribution in [3.63, 3.8) is 0 Å². The molecule has 2 rings (SSSR count).